The van der Waals surface area contributed by atoms with E-state index in [0.29, 0.717) is 32.0 Å². The molecule has 148 valence electrons. The van der Waals surface area contributed by atoms with Crippen molar-refractivity contribution >= 4 is 28.5 Å². The summed E-state index contributed by atoms with van der Waals surface area (Å²) >= 11 is 0. The van der Waals surface area contributed by atoms with Crippen LogP contribution in [-0.2, 0) is 4.79 Å². The molecule has 0 unspecified atom stereocenters. The number of nitrogens with zero attached hydrogens (tertiary/aromatic N) is 2. The van der Waals surface area contributed by atoms with Gasteiger partial charge in [0.2, 0.25) is 5.91 Å². The van der Waals surface area contributed by atoms with Gasteiger partial charge in [-0.1, -0.05) is 37.5 Å². The Morgan fingerprint density at radius 2 is 1.71 bits per heavy atom. The molecule has 2 fully saturated rings. The first-order chi connectivity index (χ1) is 13.7. The molecule has 2 aromatic rings. The van der Waals surface area contributed by atoms with Gasteiger partial charge < -0.3 is 15.5 Å². The molecule has 0 radical (unpaired) electrons. The van der Waals surface area contributed by atoms with Gasteiger partial charge in [0, 0.05) is 36.6 Å². The number of benzene rings is 1. The molecule has 2 heterocycles. The van der Waals surface area contributed by atoms with Gasteiger partial charge in [0.25, 0.3) is 0 Å². The van der Waals surface area contributed by atoms with E-state index in [1.165, 1.54) is 19.3 Å². The van der Waals surface area contributed by atoms with Crippen LogP contribution in [0.2, 0.25) is 0 Å². The van der Waals surface area contributed by atoms with E-state index in [0.717, 1.165) is 29.4 Å². The van der Waals surface area contributed by atoms with E-state index >= 15 is 0 Å². The second kappa shape index (κ2) is 8.59. The lowest BCUT2D eigenvalue weighted by Crippen LogP contribution is -2.49. The van der Waals surface area contributed by atoms with Crippen molar-refractivity contribution in [3.63, 3.8) is 0 Å². The summed E-state index contributed by atoms with van der Waals surface area (Å²) in [6.07, 6.45) is 8.99. The number of para-hydroxylation sites is 1. The van der Waals surface area contributed by atoms with Crippen molar-refractivity contribution in [2.24, 2.45) is 5.92 Å². The van der Waals surface area contributed by atoms with Crippen molar-refractivity contribution in [1.29, 1.82) is 0 Å². The first-order valence-corrected chi connectivity index (χ1v) is 10.4. The molecule has 0 spiro atoms. The third-order valence-corrected chi connectivity index (χ3v) is 5.98. The van der Waals surface area contributed by atoms with Crippen LogP contribution in [-0.4, -0.2) is 41.0 Å². The maximum Gasteiger partial charge on any atom is 0.317 e. The highest BCUT2D eigenvalue weighted by Gasteiger charge is 2.28. The van der Waals surface area contributed by atoms with E-state index in [-0.39, 0.29) is 17.9 Å². The lowest BCUT2D eigenvalue weighted by atomic mass is 9.95. The molecule has 3 amide bonds. The number of carbonyl (C=O) groups excluding carboxylic acids is 2. The molecule has 1 saturated heterocycles. The standard InChI is InChI=1S/C22H28N4O2/c27-21(25-19-10-4-6-16-7-5-13-23-20(16)19)17-11-14-26(15-12-17)22(28)24-18-8-2-1-3-9-18/h4-7,10,13,17-18H,1-3,8-9,11-12,14-15H2,(H,24,28)(H,25,27). The molecule has 4 rings (SSSR count). The van der Waals surface area contributed by atoms with Crippen LogP contribution in [0.15, 0.2) is 36.5 Å². The Kier molecular flexibility index (Phi) is 5.74. The number of pyridine rings is 1. The quantitative estimate of drug-likeness (QED) is 0.847. The fraction of sp³-hybridized carbons (Fsp3) is 0.500. The topological polar surface area (TPSA) is 74.3 Å². The second-order valence-corrected chi connectivity index (χ2v) is 7.92. The molecule has 1 saturated carbocycles. The molecule has 2 N–H and O–H groups in total. The van der Waals surface area contributed by atoms with E-state index in [1.54, 1.807) is 6.20 Å². The Labute approximate surface area is 165 Å². The van der Waals surface area contributed by atoms with Gasteiger partial charge in [-0.25, -0.2) is 4.79 Å². The predicted molar refractivity (Wildman–Crippen MR) is 110 cm³/mol. The third-order valence-electron chi connectivity index (χ3n) is 5.98. The third kappa shape index (κ3) is 4.26. The number of carbonyl (C=O) groups is 2. The number of amides is 3. The first-order valence-electron chi connectivity index (χ1n) is 10.4. The van der Waals surface area contributed by atoms with Crippen molar-refractivity contribution in [2.75, 3.05) is 18.4 Å². The molecule has 1 aliphatic carbocycles. The number of hydrogen-bond acceptors (Lipinski definition) is 3. The summed E-state index contributed by atoms with van der Waals surface area (Å²) in [6, 6.07) is 10.0. The summed E-state index contributed by atoms with van der Waals surface area (Å²) in [6.45, 7) is 1.26. The maximum atomic E-state index is 12.7. The van der Waals surface area contributed by atoms with Crippen LogP contribution in [0.4, 0.5) is 10.5 Å². The van der Waals surface area contributed by atoms with E-state index < -0.39 is 0 Å². The van der Waals surface area contributed by atoms with Gasteiger partial charge in [0.1, 0.15) is 0 Å². The second-order valence-electron chi connectivity index (χ2n) is 7.92. The number of hydrogen-bond donors (Lipinski definition) is 2. The minimum atomic E-state index is -0.0716. The van der Waals surface area contributed by atoms with Crippen LogP contribution >= 0.6 is 0 Å². The molecule has 1 aromatic heterocycles. The van der Waals surface area contributed by atoms with Crippen molar-refractivity contribution in [2.45, 2.75) is 51.0 Å². The number of urea groups is 1. The summed E-state index contributed by atoms with van der Waals surface area (Å²) in [4.78, 5) is 31.5. The smallest absolute Gasteiger partial charge is 0.317 e. The molecular formula is C22H28N4O2. The summed E-state index contributed by atoms with van der Waals surface area (Å²) in [5.74, 6) is -0.0526. The average molecular weight is 380 g/mol. The lowest BCUT2D eigenvalue weighted by molar-refractivity contribution is -0.121. The number of likely N-dealkylation sites (tertiary alicyclic amines) is 1. The summed E-state index contributed by atoms with van der Waals surface area (Å²) in [5, 5.41) is 7.22. The minimum Gasteiger partial charge on any atom is -0.335 e. The average Bonchev–Trinajstić information content (AvgIpc) is 2.75. The fourth-order valence-electron chi connectivity index (χ4n) is 4.30. The molecule has 6 nitrogen and oxygen atoms in total. The number of rotatable bonds is 3. The SMILES string of the molecule is O=C(Nc1cccc2cccnc12)C1CCN(C(=O)NC2CCCCC2)CC1. The monoisotopic (exact) mass is 380 g/mol. The number of aromatic nitrogens is 1. The summed E-state index contributed by atoms with van der Waals surface area (Å²) in [5.41, 5.74) is 1.56. The Morgan fingerprint density at radius 1 is 0.964 bits per heavy atom. The molecule has 28 heavy (non-hydrogen) atoms. The van der Waals surface area contributed by atoms with Crippen LogP contribution in [0.5, 0.6) is 0 Å². The Balaban J connectivity index is 1.30. The normalized spacial score (nSPS) is 18.8. The van der Waals surface area contributed by atoms with Gasteiger partial charge in [-0.3, -0.25) is 9.78 Å². The Bertz CT molecular complexity index is 834. The van der Waals surface area contributed by atoms with Crippen LogP contribution in [0.25, 0.3) is 10.9 Å². The minimum absolute atomic E-state index is 0.0190. The highest BCUT2D eigenvalue weighted by molar-refractivity contribution is 6.01. The number of piperidine rings is 1. The zero-order valence-electron chi connectivity index (χ0n) is 16.2. The molecular weight excluding hydrogens is 352 g/mol. The van der Waals surface area contributed by atoms with Crippen LogP contribution in [0.1, 0.15) is 44.9 Å². The van der Waals surface area contributed by atoms with Gasteiger partial charge in [-0.05, 0) is 37.8 Å². The number of fused-ring (bicyclic) bond motifs is 1. The largest absolute Gasteiger partial charge is 0.335 e. The zero-order chi connectivity index (χ0) is 19.3. The zero-order valence-corrected chi connectivity index (χ0v) is 16.2. The molecule has 1 aliphatic heterocycles. The van der Waals surface area contributed by atoms with Crippen LogP contribution < -0.4 is 10.6 Å². The lowest BCUT2D eigenvalue weighted by Gasteiger charge is -2.33. The van der Waals surface area contributed by atoms with Gasteiger partial charge >= 0.3 is 6.03 Å². The summed E-state index contributed by atoms with van der Waals surface area (Å²) < 4.78 is 0. The summed E-state index contributed by atoms with van der Waals surface area (Å²) in [7, 11) is 0. The molecule has 2 aliphatic rings. The van der Waals surface area contributed by atoms with E-state index in [9.17, 15) is 9.59 Å². The van der Waals surface area contributed by atoms with Crippen molar-refractivity contribution in [3.05, 3.63) is 36.5 Å². The molecule has 0 bridgehead atoms. The first kappa shape index (κ1) is 18.7. The maximum absolute atomic E-state index is 12.7. The number of anilines is 1. The van der Waals surface area contributed by atoms with Gasteiger partial charge in [-0.2, -0.15) is 0 Å². The molecule has 1 aromatic carbocycles. The van der Waals surface area contributed by atoms with Crippen molar-refractivity contribution < 1.29 is 9.59 Å². The molecule has 0 atom stereocenters. The van der Waals surface area contributed by atoms with Gasteiger partial charge in [0.05, 0.1) is 11.2 Å². The fourth-order valence-corrected chi connectivity index (χ4v) is 4.30. The molecule has 6 heteroatoms. The van der Waals surface area contributed by atoms with Crippen molar-refractivity contribution in [1.82, 2.24) is 15.2 Å². The van der Waals surface area contributed by atoms with Crippen molar-refractivity contribution in [3.8, 4) is 0 Å². The van der Waals surface area contributed by atoms with Gasteiger partial charge in [0.15, 0.2) is 0 Å². The van der Waals surface area contributed by atoms with Crippen LogP contribution in [0, 0.1) is 5.92 Å². The van der Waals surface area contributed by atoms with Crippen LogP contribution in [0.3, 0.4) is 0 Å². The number of nitrogens with one attached hydrogen (secondary N) is 2. The predicted octanol–water partition coefficient (Wildman–Crippen LogP) is 3.93. The highest BCUT2D eigenvalue weighted by Crippen LogP contribution is 2.24. The van der Waals surface area contributed by atoms with E-state index in [2.05, 4.69) is 15.6 Å². The van der Waals surface area contributed by atoms with E-state index in [4.69, 9.17) is 0 Å². The van der Waals surface area contributed by atoms with Gasteiger partial charge in [-0.15, -0.1) is 0 Å². The Morgan fingerprint density at radius 3 is 2.50 bits per heavy atom. The Hall–Kier alpha value is -2.63. The van der Waals surface area contributed by atoms with E-state index in [1.807, 2.05) is 35.2 Å². The highest BCUT2D eigenvalue weighted by atomic mass is 16.2.